The molecule has 108 valence electrons. The fraction of sp³-hybridized carbons (Fsp3) is 0.333. The Balaban J connectivity index is 1.92. The summed E-state index contributed by atoms with van der Waals surface area (Å²) >= 11 is 0. The minimum Gasteiger partial charge on any atom is -0.464 e. The third kappa shape index (κ3) is 4.28. The van der Waals surface area contributed by atoms with Gasteiger partial charge in [0.25, 0.3) is 0 Å². The number of nitrogens with one attached hydrogen (secondary N) is 1. The van der Waals surface area contributed by atoms with Gasteiger partial charge in [0.15, 0.2) is 0 Å². The minimum absolute atomic E-state index is 0.305. The Kier molecular flexibility index (Phi) is 5.49. The summed E-state index contributed by atoms with van der Waals surface area (Å²) in [6, 6.07) is 9.44. The van der Waals surface area contributed by atoms with Gasteiger partial charge in [-0.15, -0.1) is 0 Å². The summed E-state index contributed by atoms with van der Waals surface area (Å²) in [5.74, 6) is 1.50. The summed E-state index contributed by atoms with van der Waals surface area (Å²) in [5, 5.41) is 3.24. The third-order valence-corrected chi connectivity index (χ3v) is 4.14. The molecule has 0 radical (unpaired) electrons. The maximum atomic E-state index is 12.8. The fourth-order valence-corrected chi connectivity index (χ4v) is 2.80. The zero-order valence-corrected chi connectivity index (χ0v) is 12.2. The molecule has 0 saturated heterocycles. The predicted molar refractivity (Wildman–Crippen MR) is 77.2 cm³/mol. The first-order valence-corrected chi connectivity index (χ1v) is 7.93. The first kappa shape index (κ1) is 14.9. The van der Waals surface area contributed by atoms with Gasteiger partial charge in [0.1, 0.15) is 17.3 Å². The average Bonchev–Trinajstić information content (AvgIpc) is 2.87. The molecule has 1 aromatic heterocycles. The molecule has 1 atom stereocenters. The van der Waals surface area contributed by atoms with Crippen molar-refractivity contribution >= 4 is 10.8 Å². The van der Waals surface area contributed by atoms with Gasteiger partial charge in [-0.1, -0.05) is 6.92 Å². The second-order valence-corrected chi connectivity index (χ2v) is 5.94. The molecule has 1 heterocycles. The summed E-state index contributed by atoms with van der Waals surface area (Å²) in [6.07, 6.45) is 1.07. The van der Waals surface area contributed by atoms with Crippen LogP contribution in [-0.2, 0) is 23.1 Å². The highest BCUT2D eigenvalue weighted by molar-refractivity contribution is 7.84. The van der Waals surface area contributed by atoms with Crippen molar-refractivity contribution in [3.63, 3.8) is 0 Å². The highest BCUT2D eigenvalue weighted by Gasteiger charge is 2.09. The smallest absolute Gasteiger partial charge is 0.123 e. The zero-order chi connectivity index (χ0) is 14.4. The number of rotatable bonds is 7. The Labute approximate surface area is 120 Å². The lowest BCUT2D eigenvalue weighted by Gasteiger charge is -2.01. The van der Waals surface area contributed by atoms with Crippen LogP contribution in [0.15, 0.2) is 45.7 Å². The Hall–Kier alpha value is -1.46. The van der Waals surface area contributed by atoms with Gasteiger partial charge in [-0.2, -0.15) is 0 Å². The monoisotopic (exact) mass is 295 g/mol. The second-order valence-electron chi connectivity index (χ2n) is 4.49. The molecule has 20 heavy (non-hydrogen) atoms. The number of hydrogen-bond acceptors (Lipinski definition) is 3. The van der Waals surface area contributed by atoms with Crippen molar-refractivity contribution in [2.45, 2.75) is 30.5 Å². The van der Waals surface area contributed by atoms with Gasteiger partial charge in [-0.05, 0) is 49.4 Å². The molecule has 1 unspecified atom stereocenters. The van der Waals surface area contributed by atoms with Crippen LogP contribution in [0.3, 0.4) is 0 Å². The lowest BCUT2D eigenvalue weighted by atomic mass is 10.4. The van der Waals surface area contributed by atoms with Crippen LogP contribution in [0.5, 0.6) is 0 Å². The fourth-order valence-electron chi connectivity index (χ4n) is 1.78. The molecule has 2 aromatic rings. The molecule has 1 aromatic carbocycles. The number of halogens is 1. The van der Waals surface area contributed by atoms with Gasteiger partial charge >= 0.3 is 0 Å². The van der Waals surface area contributed by atoms with Crippen LogP contribution in [0.25, 0.3) is 0 Å². The largest absolute Gasteiger partial charge is 0.464 e. The van der Waals surface area contributed by atoms with Gasteiger partial charge in [-0.3, -0.25) is 4.21 Å². The van der Waals surface area contributed by atoms with Crippen molar-refractivity contribution < 1.29 is 13.0 Å². The number of furan rings is 1. The molecule has 2 rings (SSSR count). The Morgan fingerprint density at radius 2 is 1.85 bits per heavy atom. The molecular weight excluding hydrogens is 277 g/mol. The summed E-state index contributed by atoms with van der Waals surface area (Å²) < 4.78 is 30.5. The highest BCUT2D eigenvalue weighted by Crippen LogP contribution is 2.15. The molecule has 1 N–H and O–H groups in total. The average molecular weight is 295 g/mol. The van der Waals surface area contributed by atoms with E-state index < -0.39 is 10.8 Å². The lowest BCUT2D eigenvalue weighted by Crippen LogP contribution is -2.13. The Morgan fingerprint density at radius 1 is 1.15 bits per heavy atom. The number of benzene rings is 1. The molecule has 0 spiro atoms. The third-order valence-electron chi connectivity index (χ3n) is 2.79. The van der Waals surface area contributed by atoms with E-state index in [1.165, 1.54) is 24.3 Å². The summed E-state index contributed by atoms with van der Waals surface area (Å²) in [5.41, 5.74) is 0. The van der Waals surface area contributed by atoms with Crippen molar-refractivity contribution in [3.8, 4) is 0 Å². The summed E-state index contributed by atoms with van der Waals surface area (Å²) in [6.45, 7) is 3.72. The maximum Gasteiger partial charge on any atom is 0.123 e. The van der Waals surface area contributed by atoms with Gasteiger partial charge in [-0.25, -0.2) is 4.39 Å². The van der Waals surface area contributed by atoms with E-state index in [9.17, 15) is 8.60 Å². The minimum atomic E-state index is -1.22. The van der Waals surface area contributed by atoms with Crippen LogP contribution in [0.2, 0.25) is 0 Å². The van der Waals surface area contributed by atoms with Gasteiger partial charge in [0, 0.05) is 4.90 Å². The van der Waals surface area contributed by atoms with E-state index in [0.29, 0.717) is 23.0 Å². The SMILES string of the molecule is CCCNCc1ccc(CS(=O)c2ccc(F)cc2)o1. The molecule has 0 amide bonds. The maximum absolute atomic E-state index is 12.8. The van der Waals surface area contributed by atoms with Gasteiger partial charge < -0.3 is 9.73 Å². The Morgan fingerprint density at radius 3 is 2.55 bits per heavy atom. The number of hydrogen-bond donors (Lipinski definition) is 1. The second kappa shape index (κ2) is 7.36. The van der Waals surface area contributed by atoms with Crippen molar-refractivity contribution in [1.82, 2.24) is 5.32 Å². The van der Waals surface area contributed by atoms with Crippen molar-refractivity contribution in [1.29, 1.82) is 0 Å². The van der Waals surface area contributed by atoms with E-state index >= 15 is 0 Å². The van der Waals surface area contributed by atoms with Crippen LogP contribution in [0, 0.1) is 5.82 Å². The quantitative estimate of drug-likeness (QED) is 0.797. The van der Waals surface area contributed by atoms with E-state index in [1.807, 2.05) is 12.1 Å². The molecule has 0 fully saturated rings. The van der Waals surface area contributed by atoms with Crippen LogP contribution in [0.4, 0.5) is 4.39 Å². The van der Waals surface area contributed by atoms with Crippen LogP contribution >= 0.6 is 0 Å². The van der Waals surface area contributed by atoms with E-state index in [1.54, 1.807) is 0 Å². The highest BCUT2D eigenvalue weighted by atomic mass is 32.2. The molecule has 3 nitrogen and oxygen atoms in total. The predicted octanol–water partition coefficient (Wildman–Crippen LogP) is 3.23. The topological polar surface area (TPSA) is 42.2 Å². The Bertz CT molecular complexity index is 566. The molecule has 0 aliphatic rings. The molecule has 0 bridgehead atoms. The van der Waals surface area contributed by atoms with Crippen LogP contribution in [-0.4, -0.2) is 10.8 Å². The molecule has 0 saturated carbocycles. The first-order chi connectivity index (χ1) is 9.69. The van der Waals surface area contributed by atoms with E-state index in [2.05, 4.69) is 12.2 Å². The van der Waals surface area contributed by atoms with E-state index in [0.717, 1.165) is 18.7 Å². The van der Waals surface area contributed by atoms with Crippen molar-refractivity contribution in [3.05, 3.63) is 53.7 Å². The molecular formula is C15H18FNO2S. The summed E-state index contributed by atoms with van der Waals surface area (Å²) in [7, 11) is -1.22. The molecule has 0 aliphatic heterocycles. The standard InChI is InChI=1S/C15H18FNO2S/c1-2-9-17-10-13-5-6-14(19-13)11-20(18)15-7-3-12(16)4-8-15/h3-8,17H,2,9-11H2,1H3. The molecule has 5 heteroatoms. The lowest BCUT2D eigenvalue weighted by molar-refractivity contribution is 0.458. The molecule has 0 aliphatic carbocycles. The van der Waals surface area contributed by atoms with Gasteiger partial charge in [0.2, 0.25) is 0 Å². The first-order valence-electron chi connectivity index (χ1n) is 6.61. The van der Waals surface area contributed by atoms with Gasteiger partial charge in [0.05, 0.1) is 23.1 Å². The normalized spacial score (nSPS) is 12.5. The van der Waals surface area contributed by atoms with E-state index in [4.69, 9.17) is 4.42 Å². The van der Waals surface area contributed by atoms with Crippen LogP contribution in [0.1, 0.15) is 24.9 Å². The van der Waals surface area contributed by atoms with Crippen LogP contribution < -0.4 is 5.32 Å². The van der Waals surface area contributed by atoms with Crippen molar-refractivity contribution in [2.75, 3.05) is 6.54 Å². The van der Waals surface area contributed by atoms with E-state index in [-0.39, 0.29) is 5.82 Å². The van der Waals surface area contributed by atoms with Crippen molar-refractivity contribution in [2.24, 2.45) is 0 Å². The summed E-state index contributed by atoms with van der Waals surface area (Å²) in [4.78, 5) is 0.605. The zero-order valence-electron chi connectivity index (χ0n) is 11.4.